The highest BCUT2D eigenvalue weighted by Gasteiger charge is 2.60. The maximum atomic E-state index is 13.5. The van der Waals surface area contributed by atoms with Gasteiger partial charge in [0.1, 0.15) is 5.75 Å². The smallest absolute Gasteiger partial charge is 0.435 e. The fourth-order valence-electron chi connectivity index (χ4n) is 2.15. The molecule has 1 heterocycles. The Morgan fingerprint density at radius 1 is 1.00 bits per heavy atom. The SMILES string of the molecule is N#Cc1ccc(O/C(=N/C2(C(Cl)(Cl)Cl)Oc3ccccc3O2)C(F)(F)F)cc1. The van der Waals surface area contributed by atoms with Crippen molar-refractivity contribution in [2.45, 2.75) is 15.9 Å². The number of rotatable bonds is 2. The number of halogens is 6. The van der Waals surface area contributed by atoms with Crippen LogP contribution in [-0.2, 0) is 0 Å². The van der Waals surface area contributed by atoms with Crippen molar-refractivity contribution in [2.75, 3.05) is 0 Å². The van der Waals surface area contributed by atoms with Gasteiger partial charge in [-0.15, -0.1) is 0 Å². The Hall–Kier alpha value is -2.34. The number of benzene rings is 2. The van der Waals surface area contributed by atoms with Gasteiger partial charge in [-0.3, -0.25) is 0 Å². The van der Waals surface area contributed by atoms with Crippen molar-refractivity contribution in [1.82, 2.24) is 0 Å². The number of para-hydroxylation sites is 2. The Morgan fingerprint density at radius 2 is 1.54 bits per heavy atom. The van der Waals surface area contributed by atoms with Gasteiger partial charge in [-0.2, -0.15) is 23.4 Å². The first-order chi connectivity index (χ1) is 13.0. The van der Waals surface area contributed by atoms with Gasteiger partial charge in [0.2, 0.25) is 0 Å². The molecule has 0 atom stereocenters. The number of aliphatic imine (C=N–C) groups is 1. The summed E-state index contributed by atoms with van der Waals surface area (Å²) in [6.07, 6.45) is -5.07. The monoisotopic (exact) mass is 450 g/mol. The minimum Gasteiger partial charge on any atom is -0.435 e. The molecule has 0 fully saturated rings. The van der Waals surface area contributed by atoms with Crippen LogP contribution in [0.15, 0.2) is 53.5 Å². The van der Waals surface area contributed by atoms with E-state index in [1.54, 1.807) is 12.1 Å². The van der Waals surface area contributed by atoms with Crippen LogP contribution in [0.4, 0.5) is 13.2 Å². The molecule has 3 rings (SSSR count). The molecule has 0 radical (unpaired) electrons. The molecular formula is C17H8Cl3F3N2O3. The summed E-state index contributed by atoms with van der Waals surface area (Å²) in [6, 6.07) is 12.6. The minimum absolute atomic E-state index is 0.0393. The highest BCUT2D eigenvalue weighted by molar-refractivity contribution is 6.68. The lowest BCUT2D eigenvalue weighted by Gasteiger charge is -2.30. The van der Waals surface area contributed by atoms with E-state index in [9.17, 15) is 13.2 Å². The molecule has 11 heteroatoms. The molecule has 0 N–H and O–H groups in total. The number of hydrogen-bond donors (Lipinski definition) is 0. The average Bonchev–Trinajstić information content (AvgIpc) is 3.00. The molecule has 0 aliphatic carbocycles. The maximum Gasteiger partial charge on any atom is 0.468 e. The van der Waals surface area contributed by atoms with Gasteiger partial charge in [-0.1, -0.05) is 46.9 Å². The lowest BCUT2D eigenvalue weighted by Crippen LogP contribution is -2.51. The number of fused-ring (bicyclic) bond motifs is 1. The quantitative estimate of drug-likeness (QED) is 0.349. The first kappa shape index (κ1) is 20.4. The summed E-state index contributed by atoms with van der Waals surface area (Å²) in [4.78, 5) is 3.37. The Morgan fingerprint density at radius 3 is 1.96 bits per heavy atom. The van der Waals surface area contributed by atoms with Crippen LogP contribution in [-0.4, -0.2) is 21.8 Å². The van der Waals surface area contributed by atoms with E-state index in [-0.39, 0.29) is 22.8 Å². The summed E-state index contributed by atoms with van der Waals surface area (Å²) in [5.41, 5.74) is 0.230. The lowest BCUT2D eigenvalue weighted by molar-refractivity contribution is -0.0911. The van der Waals surface area contributed by atoms with Crippen LogP contribution in [0.3, 0.4) is 0 Å². The number of ether oxygens (including phenoxy) is 3. The molecule has 0 amide bonds. The topological polar surface area (TPSA) is 63.8 Å². The Kier molecular flexibility index (Phi) is 5.28. The van der Waals surface area contributed by atoms with Gasteiger partial charge in [-0.25, -0.2) is 0 Å². The van der Waals surface area contributed by atoms with E-state index in [0.717, 1.165) is 12.1 Å². The van der Waals surface area contributed by atoms with Crippen molar-refractivity contribution in [2.24, 2.45) is 4.99 Å². The largest absolute Gasteiger partial charge is 0.468 e. The number of hydrogen-bond acceptors (Lipinski definition) is 5. The summed E-state index contributed by atoms with van der Waals surface area (Å²) in [5, 5.41) is 8.77. The van der Waals surface area contributed by atoms with Gasteiger partial charge >= 0.3 is 18.0 Å². The normalized spacial score (nSPS) is 15.8. The molecule has 1 aliphatic heterocycles. The van der Waals surface area contributed by atoms with E-state index in [2.05, 4.69) is 4.99 Å². The number of nitrogens with zero attached hydrogens (tertiary/aromatic N) is 2. The third kappa shape index (κ3) is 4.07. The first-order valence-electron chi connectivity index (χ1n) is 7.43. The molecule has 0 spiro atoms. The van der Waals surface area contributed by atoms with Gasteiger partial charge in [0.25, 0.3) is 3.79 Å². The molecule has 146 valence electrons. The molecule has 2 aromatic carbocycles. The summed E-state index contributed by atoms with van der Waals surface area (Å²) in [5.74, 6) is -4.60. The van der Waals surface area contributed by atoms with Gasteiger partial charge < -0.3 is 14.2 Å². The molecule has 0 bridgehead atoms. The van der Waals surface area contributed by atoms with E-state index >= 15 is 0 Å². The standard InChI is InChI=1S/C17H8Cl3F3N2O3/c18-16(19,20)17(27-12-3-1-2-4-13(12)28-17)25-14(15(21,22)23)26-11-7-5-10(9-24)6-8-11/h1-8H/b25-14+. The molecule has 0 unspecified atom stereocenters. The van der Waals surface area contributed by atoms with Gasteiger partial charge in [0.05, 0.1) is 11.6 Å². The Balaban J connectivity index is 2.03. The van der Waals surface area contributed by atoms with Crippen LogP contribution in [0, 0.1) is 11.3 Å². The summed E-state index contributed by atoms with van der Waals surface area (Å²) < 4.78 is 53.6. The summed E-state index contributed by atoms with van der Waals surface area (Å²) in [6.45, 7) is 0. The average molecular weight is 452 g/mol. The predicted molar refractivity (Wildman–Crippen MR) is 96.0 cm³/mol. The molecule has 1 aliphatic rings. The highest BCUT2D eigenvalue weighted by Crippen LogP contribution is 2.50. The summed E-state index contributed by atoms with van der Waals surface area (Å²) in [7, 11) is 0. The van der Waals surface area contributed by atoms with Crippen molar-refractivity contribution < 1.29 is 27.4 Å². The maximum absolute atomic E-state index is 13.5. The van der Waals surface area contributed by atoms with Crippen molar-refractivity contribution >= 4 is 40.7 Å². The van der Waals surface area contributed by atoms with Gasteiger partial charge in [-0.05, 0) is 36.4 Å². The highest BCUT2D eigenvalue weighted by atomic mass is 35.6. The molecule has 28 heavy (non-hydrogen) atoms. The van der Waals surface area contributed by atoms with Crippen LogP contribution in [0.25, 0.3) is 0 Å². The van der Waals surface area contributed by atoms with Crippen molar-refractivity contribution in [3.8, 4) is 23.3 Å². The first-order valence-corrected chi connectivity index (χ1v) is 8.56. The zero-order valence-electron chi connectivity index (χ0n) is 13.5. The van der Waals surface area contributed by atoms with E-state index in [0.29, 0.717) is 0 Å². The van der Waals surface area contributed by atoms with Crippen LogP contribution < -0.4 is 14.2 Å². The fraction of sp³-hybridized carbons (Fsp3) is 0.176. The van der Waals surface area contributed by atoms with Gasteiger partial charge in [0.15, 0.2) is 11.5 Å². The van der Waals surface area contributed by atoms with Crippen LogP contribution in [0.2, 0.25) is 0 Å². The Labute approximate surface area is 171 Å². The fourth-order valence-corrected chi connectivity index (χ4v) is 2.51. The van der Waals surface area contributed by atoms with Crippen molar-refractivity contribution in [3.05, 3.63) is 54.1 Å². The summed E-state index contributed by atoms with van der Waals surface area (Å²) >= 11 is 17.5. The third-order valence-electron chi connectivity index (χ3n) is 3.39. The van der Waals surface area contributed by atoms with Crippen LogP contribution in [0.5, 0.6) is 17.2 Å². The molecule has 0 aromatic heterocycles. The zero-order chi connectivity index (χ0) is 20.6. The third-order valence-corrected chi connectivity index (χ3v) is 4.11. The zero-order valence-corrected chi connectivity index (χ0v) is 15.8. The van der Waals surface area contributed by atoms with E-state index < -0.39 is 21.8 Å². The van der Waals surface area contributed by atoms with E-state index in [1.165, 1.54) is 24.3 Å². The van der Waals surface area contributed by atoms with Crippen LogP contribution in [0.1, 0.15) is 5.56 Å². The van der Waals surface area contributed by atoms with Gasteiger partial charge in [0, 0.05) is 0 Å². The predicted octanol–water partition coefficient (Wildman–Crippen LogP) is 5.39. The van der Waals surface area contributed by atoms with Crippen molar-refractivity contribution in [1.29, 1.82) is 5.26 Å². The van der Waals surface area contributed by atoms with E-state index in [4.69, 9.17) is 54.3 Å². The second-order valence-corrected chi connectivity index (χ2v) is 7.66. The molecule has 0 saturated heterocycles. The Bertz CT molecular complexity index is 926. The molecule has 5 nitrogen and oxygen atoms in total. The second kappa shape index (κ2) is 7.24. The lowest BCUT2D eigenvalue weighted by atomic mass is 10.2. The van der Waals surface area contributed by atoms with Crippen molar-refractivity contribution in [3.63, 3.8) is 0 Å². The minimum atomic E-state index is -5.07. The molecule has 0 saturated carbocycles. The molecular weight excluding hydrogens is 444 g/mol. The van der Waals surface area contributed by atoms with Crippen LogP contribution >= 0.6 is 34.8 Å². The molecule has 2 aromatic rings. The number of nitriles is 1. The number of alkyl halides is 6. The van der Waals surface area contributed by atoms with E-state index in [1.807, 2.05) is 6.07 Å². The second-order valence-electron chi connectivity index (χ2n) is 5.38.